The molecule has 0 saturated carbocycles. The predicted octanol–water partition coefficient (Wildman–Crippen LogP) is 3.01. The van der Waals surface area contributed by atoms with Crippen LogP contribution in [0.3, 0.4) is 0 Å². The maximum atomic E-state index is 5.81. The lowest BCUT2D eigenvalue weighted by molar-refractivity contribution is 0.307. The second kappa shape index (κ2) is 4.99. The van der Waals surface area contributed by atoms with Crippen LogP contribution < -0.4 is 10.5 Å². The molecule has 0 spiro atoms. The fourth-order valence-corrected chi connectivity index (χ4v) is 1.67. The van der Waals surface area contributed by atoms with Crippen molar-refractivity contribution >= 4 is 21.6 Å². The molecule has 1 aromatic carbocycles. The van der Waals surface area contributed by atoms with Crippen LogP contribution in [-0.4, -0.2) is 4.98 Å². The summed E-state index contributed by atoms with van der Waals surface area (Å²) in [7, 11) is 0. The second-order valence-electron chi connectivity index (χ2n) is 3.33. The number of nitrogens with two attached hydrogens (primary N) is 1. The average molecular weight is 279 g/mol. The van der Waals surface area contributed by atoms with Gasteiger partial charge in [-0.05, 0) is 24.3 Å². The fourth-order valence-electron chi connectivity index (χ4n) is 1.30. The third-order valence-electron chi connectivity index (χ3n) is 2.09. The van der Waals surface area contributed by atoms with E-state index in [4.69, 9.17) is 10.5 Å². The SMILES string of the molecule is Nc1cc(Br)ccc1OCc1cccnc1. The van der Waals surface area contributed by atoms with E-state index in [1.165, 1.54) is 0 Å². The lowest BCUT2D eigenvalue weighted by atomic mass is 10.3. The molecular formula is C12H11BrN2O. The van der Waals surface area contributed by atoms with E-state index in [0.29, 0.717) is 18.0 Å². The van der Waals surface area contributed by atoms with E-state index in [9.17, 15) is 0 Å². The van der Waals surface area contributed by atoms with Crippen LogP contribution in [0.5, 0.6) is 5.75 Å². The molecule has 2 aromatic rings. The molecule has 82 valence electrons. The van der Waals surface area contributed by atoms with Gasteiger partial charge in [0.25, 0.3) is 0 Å². The molecule has 0 aliphatic rings. The van der Waals surface area contributed by atoms with Gasteiger partial charge in [-0.2, -0.15) is 0 Å². The number of aromatic nitrogens is 1. The van der Waals surface area contributed by atoms with Crippen molar-refractivity contribution in [3.05, 3.63) is 52.8 Å². The minimum Gasteiger partial charge on any atom is -0.487 e. The molecule has 4 heteroatoms. The summed E-state index contributed by atoms with van der Waals surface area (Å²) in [5.74, 6) is 0.687. The van der Waals surface area contributed by atoms with Crippen LogP contribution in [-0.2, 0) is 6.61 Å². The molecule has 0 unspecified atom stereocenters. The Morgan fingerprint density at radius 2 is 2.19 bits per heavy atom. The molecule has 0 aliphatic carbocycles. The molecule has 16 heavy (non-hydrogen) atoms. The molecule has 0 fully saturated rings. The summed E-state index contributed by atoms with van der Waals surface area (Å²) < 4.78 is 6.54. The van der Waals surface area contributed by atoms with Crippen molar-refractivity contribution in [2.75, 3.05) is 5.73 Å². The third-order valence-corrected chi connectivity index (χ3v) is 2.58. The second-order valence-corrected chi connectivity index (χ2v) is 4.25. The van der Waals surface area contributed by atoms with Crippen molar-refractivity contribution in [2.24, 2.45) is 0 Å². The van der Waals surface area contributed by atoms with Gasteiger partial charge in [0.1, 0.15) is 12.4 Å². The lowest BCUT2D eigenvalue weighted by Crippen LogP contribution is -1.98. The molecule has 0 atom stereocenters. The number of benzene rings is 1. The van der Waals surface area contributed by atoms with Gasteiger partial charge in [0.2, 0.25) is 0 Å². The van der Waals surface area contributed by atoms with E-state index < -0.39 is 0 Å². The van der Waals surface area contributed by atoms with E-state index >= 15 is 0 Å². The quantitative estimate of drug-likeness (QED) is 0.878. The zero-order chi connectivity index (χ0) is 11.4. The van der Waals surface area contributed by atoms with Gasteiger partial charge in [-0.25, -0.2) is 0 Å². The highest BCUT2D eigenvalue weighted by atomic mass is 79.9. The van der Waals surface area contributed by atoms with Crippen LogP contribution in [0.25, 0.3) is 0 Å². The van der Waals surface area contributed by atoms with Crippen LogP contribution in [0.2, 0.25) is 0 Å². The zero-order valence-corrected chi connectivity index (χ0v) is 10.1. The number of hydrogen-bond acceptors (Lipinski definition) is 3. The van der Waals surface area contributed by atoms with Crippen molar-refractivity contribution in [3.8, 4) is 5.75 Å². The minimum absolute atomic E-state index is 0.472. The number of nitrogens with zero attached hydrogens (tertiary/aromatic N) is 1. The number of hydrogen-bond donors (Lipinski definition) is 1. The van der Waals surface area contributed by atoms with Crippen molar-refractivity contribution < 1.29 is 4.74 Å². The monoisotopic (exact) mass is 278 g/mol. The first-order valence-corrected chi connectivity index (χ1v) is 5.62. The van der Waals surface area contributed by atoms with E-state index in [0.717, 1.165) is 10.0 Å². The summed E-state index contributed by atoms with van der Waals surface area (Å²) in [6.45, 7) is 0.472. The number of anilines is 1. The first-order valence-electron chi connectivity index (χ1n) is 4.82. The first-order chi connectivity index (χ1) is 7.75. The Bertz CT molecular complexity index is 474. The highest BCUT2D eigenvalue weighted by molar-refractivity contribution is 9.10. The number of rotatable bonds is 3. The molecule has 1 aromatic heterocycles. The van der Waals surface area contributed by atoms with Crippen LogP contribution in [0.4, 0.5) is 5.69 Å². The van der Waals surface area contributed by atoms with Gasteiger partial charge in [0.05, 0.1) is 5.69 Å². The van der Waals surface area contributed by atoms with Crippen LogP contribution in [0, 0.1) is 0 Å². The van der Waals surface area contributed by atoms with E-state index in [2.05, 4.69) is 20.9 Å². The van der Waals surface area contributed by atoms with Crippen LogP contribution in [0.1, 0.15) is 5.56 Å². The lowest BCUT2D eigenvalue weighted by Gasteiger charge is -2.08. The van der Waals surface area contributed by atoms with Crippen molar-refractivity contribution in [3.63, 3.8) is 0 Å². The summed E-state index contributed by atoms with van der Waals surface area (Å²) in [5, 5.41) is 0. The Morgan fingerprint density at radius 3 is 2.88 bits per heavy atom. The molecule has 0 aliphatic heterocycles. The van der Waals surface area contributed by atoms with Gasteiger partial charge < -0.3 is 10.5 Å². The standard InChI is InChI=1S/C12H11BrN2O/c13-10-3-4-12(11(14)6-10)16-8-9-2-1-5-15-7-9/h1-7H,8,14H2. The van der Waals surface area contributed by atoms with Crippen molar-refractivity contribution in [1.29, 1.82) is 0 Å². The van der Waals surface area contributed by atoms with Crippen LogP contribution >= 0.6 is 15.9 Å². The zero-order valence-electron chi connectivity index (χ0n) is 8.56. The first kappa shape index (κ1) is 11.0. The largest absolute Gasteiger partial charge is 0.487 e. The molecular weight excluding hydrogens is 268 g/mol. The van der Waals surface area contributed by atoms with Gasteiger partial charge >= 0.3 is 0 Å². The molecule has 3 nitrogen and oxygen atoms in total. The predicted molar refractivity (Wildman–Crippen MR) is 67.1 cm³/mol. The number of halogens is 1. The summed E-state index contributed by atoms with van der Waals surface area (Å²) in [6.07, 6.45) is 3.51. The normalized spacial score (nSPS) is 10.1. The summed E-state index contributed by atoms with van der Waals surface area (Å²) in [4.78, 5) is 4.01. The smallest absolute Gasteiger partial charge is 0.142 e. The topological polar surface area (TPSA) is 48.1 Å². The minimum atomic E-state index is 0.472. The Labute approximate surface area is 102 Å². The van der Waals surface area contributed by atoms with Crippen molar-refractivity contribution in [2.45, 2.75) is 6.61 Å². The molecule has 0 saturated heterocycles. The molecule has 2 rings (SSSR count). The number of ether oxygens (including phenoxy) is 1. The Balaban J connectivity index is 2.05. The van der Waals surface area contributed by atoms with Gasteiger partial charge in [0, 0.05) is 22.4 Å². The van der Waals surface area contributed by atoms with Gasteiger partial charge in [-0.3, -0.25) is 4.98 Å². The van der Waals surface area contributed by atoms with Crippen LogP contribution in [0.15, 0.2) is 47.2 Å². The van der Waals surface area contributed by atoms with Gasteiger partial charge in [0.15, 0.2) is 0 Å². The fraction of sp³-hybridized carbons (Fsp3) is 0.0833. The highest BCUT2D eigenvalue weighted by Crippen LogP contribution is 2.25. The third kappa shape index (κ3) is 2.73. The Hall–Kier alpha value is -1.55. The highest BCUT2D eigenvalue weighted by Gasteiger charge is 2.01. The van der Waals surface area contributed by atoms with Gasteiger partial charge in [-0.1, -0.05) is 22.0 Å². The Morgan fingerprint density at radius 1 is 1.31 bits per heavy atom. The summed E-state index contributed by atoms with van der Waals surface area (Å²) >= 11 is 3.35. The maximum Gasteiger partial charge on any atom is 0.142 e. The van der Waals surface area contributed by atoms with E-state index in [1.54, 1.807) is 12.4 Å². The summed E-state index contributed by atoms with van der Waals surface area (Å²) in [6, 6.07) is 9.40. The van der Waals surface area contributed by atoms with E-state index in [-0.39, 0.29) is 0 Å². The number of nitrogen functional groups attached to an aromatic ring is 1. The molecule has 1 heterocycles. The molecule has 0 amide bonds. The Kier molecular flexibility index (Phi) is 3.41. The van der Waals surface area contributed by atoms with Crippen molar-refractivity contribution in [1.82, 2.24) is 4.98 Å². The van der Waals surface area contributed by atoms with Gasteiger partial charge in [-0.15, -0.1) is 0 Å². The molecule has 0 radical (unpaired) electrons. The maximum absolute atomic E-state index is 5.81. The average Bonchev–Trinajstić information content (AvgIpc) is 2.29. The number of pyridine rings is 1. The molecule has 2 N–H and O–H groups in total. The molecule has 0 bridgehead atoms. The van der Waals surface area contributed by atoms with E-state index in [1.807, 2.05) is 30.3 Å². The summed E-state index contributed by atoms with van der Waals surface area (Å²) in [5.41, 5.74) is 7.46.